The number of carbonyl (C=O) groups excluding carboxylic acids is 2. The van der Waals surface area contributed by atoms with Gasteiger partial charge in [-0.3, -0.25) is 4.79 Å². The number of hydrogen-bond donors (Lipinski definition) is 3. The van der Waals surface area contributed by atoms with Gasteiger partial charge in [0.05, 0.1) is 0 Å². The van der Waals surface area contributed by atoms with Crippen LogP contribution >= 0.6 is 0 Å². The van der Waals surface area contributed by atoms with Gasteiger partial charge in [-0.2, -0.15) is 0 Å². The van der Waals surface area contributed by atoms with Crippen LogP contribution in [0.1, 0.15) is 39.7 Å². The topological polar surface area (TPSA) is 105 Å². The zero-order valence-corrected chi connectivity index (χ0v) is 16.2. The third-order valence-corrected chi connectivity index (χ3v) is 3.51. The second-order valence-electron chi connectivity index (χ2n) is 7.20. The molecule has 1 aromatic carbocycles. The van der Waals surface area contributed by atoms with Crippen LogP contribution in [0, 0.1) is 0 Å². The van der Waals surface area contributed by atoms with Crippen LogP contribution in [0.3, 0.4) is 0 Å². The molecule has 0 unspecified atom stereocenters. The second-order valence-corrected chi connectivity index (χ2v) is 7.20. The SMILES string of the molecule is C[C@H](NC(=O)OC(C)(C)C)C(=O)N[C@H](C=CC(=O)O)CCc1ccccc1. The highest BCUT2D eigenvalue weighted by molar-refractivity contribution is 5.86. The van der Waals surface area contributed by atoms with Crippen LogP contribution < -0.4 is 10.6 Å². The number of amides is 2. The van der Waals surface area contributed by atoms with E-state index in [1.807, 2.05) is 30.3 Å². The molecule has 0 aliphatic heterocycles. The van der Waals surface area contributed by atoms with Crippen LogP contribution in [0.25, 0.3) is 0 Å². The highest BCUT2D eigenvalue weighted by Crippen LogP contribution is 2.08. The van der Waals surface area contributed by atoms with Gasteiger partial charge in [-0.05, 0) is 46.1 Å². The maximum Gasteiger partial charge on any atom is 0.408 e. The van der Waals surface area contributed by atoms with Crippen molar-refractivity contribution in [2.24, 2.45) is 0 Å². The van der Waals surface area contributed by atoms with Gasteiger partial charge in [0, 0.05) is 12.1 Å². The molecule has 1 aromatic rings. The molecule has 0 bridgehead atoms. The summed E-state index contributed by atoms with van der Waals surface area (Å²) in [5, 5.41) is 14.1. The summed E-state index contributed by atoms with van der Waals surface area (Å²) >= 11 is 0. The first-order valence-electron chi connectivity index (χ1n) is 8.82. The van der Waals surface area contributed by atoms with Crippen LogP contribution in [-0.4, -0.2) is 40.8 Å². The minimum atomic E-state index is -1.09. The number of ether oxygens (including phenoxy) is 1. The van der Waals surface area contributed by atoms with E-state index in [2.05, 4.69) is 10.6 Å². The Morgan fingerprint density at radius 1 is 1.15 bits per heavy atom. The van der Waals surface area contributed by atoms with Crippen molar-refractivity contribution in [1.29, 1.82) is 0 Å². The van der Waals surface area contributed by atoms with Gasteiger partial charge in [-0.15, -0.1) is 0 Å². The Kier molecular flexibility index (Phi) is 8.51. The number of benzene rings is 1. The van der Waals surface area contributed by atoms with Gasteiger partial charge in [-0.25, -0.2) is 9.59 Å². The molecule has 7 heteroatoms. The second kappa shape index (κ2) is 10.4. The predicted octanol–water partition coefficient (Wildman–Crippen LogP) is 2.66. The molecule has 0 radical (unpaired) electrons. The van der Waals surface area contributed by atoms with Crippen molar-refractivity contribution in [3.63, 3.8) is 0 Å². The fourth-order valence-electron chi connectivity index (χ4n) is 2.24. The maximum atomic E-state index is 12.3. The summed E-state index contributed by atoms with van der Waals surface area (Å²) in [5.41, 5.74) is 0.420. The zero-order valence-electron chi connectivity index (χ0n) is 16.2. The number of carboxylic acids is 1. The quantitative estimate of drug-likeness (QED) is 0.605. The molecule has 3 N–H and O–H groups in total. The third-order valence-electron chi connectivity index (χ3n) is 3.51. The van der Waals surface area contributed by atoms with Gasteiger partial charge >= 0.3 is 12.1 Å². The fourth-order valence-corrected chi connectivity index (χ4v) is 2.24. The number of hydrogen-bond acceptors (Lipinski definition) is 4. The monoisotopic (exact) mass is 376 g/mol. The van der Waals surface area contributed by atoms with Crippen LogP contribution in [-0.2, 0) is 20.7 Å². The van der Waals surface area contributed by atoms with E-state index in [1.165, 1.54) is 13.0 Å². The lowest BCUT2D eigenvalue weighted by molar-refractivity contribution is -0.131. The summed E-state index contributed by atoms with van der Waals surface area (Å²) in [5.74, 6) is -1.51. The van der Waals surface area contributed by atoms with E-state index >= 15 is 0 Å². The molecule has 7 nitrogen and oxygen atoms in total. The molecule has 27 heavy (non-hydrogen) atoms. The number of carbonyl (C=O) groups is 3. The van der Waals surface area contributed by atoms with Gasteiger partial charge in [0.25, 0.3) is 0 Å². The Bertz CT molecular complexity index is 665. The standard InChI is InChI=1S/C20H28N2O5/c1-14(21-19(26)27-20(2,3)4)18(25)22-16(12-13-17(23)24)11-10-15-8-6-5-7-9-15/h5-9,12-14,16H,10-11H2,1-4H3,(H,21,26)(H,22,25)(H,23,24)/t14-,16-/m0/s1. The smallest absolute Gasteiger partial charge is 0.408 e. The van der Waals surface area contributed by atoms with E-state index in [1.54, 1.807) is 20.8 Å². The Hall–Kier alpha value is -2.83. The molecule has 0 aliphatic carbocycles. The van der Waals surface area contributed by atoms with Crippen LogP contribution in [0.15, 0.2) is 42.5 Å². The van der Waals surface area contributed by atoms with Gasteiger partial charge in [-0.1, -0.05) is 36.4 Å². The lowest BCUT2D eigenvalue weighted by atomic mass is 10.0. The molecule has 0 saturated carbocycles. The van der Waals surface area contributed by atoms with E-state index in [9.17, 15) is 14.4 Å². The molecule has 2 amide bonds. The summed E-state index contributed by atoms with van der Waals surface area (Å²) in [6.45, 7) is 6.73. The number of carboxylic acid groups (broad SMARTS) is 1. The molecule has 1 rings (SSSR count). The van der Waals surface area contributed by atoms with E-state index in [0.29, 0.717) is 12.8 Å². The minimum absolute atomic E-state index is 0.422. The number of nitrogens with one attached hydrogen (secondary N) is 2. The van der Waals surface area contributed by atoms with Gasteiger partial charge in [0.2, 0.25) is 5.91 Å². The molecule has 0 spiro atoms. The van der Waals surface area contributed by atoms with Crippen molar-refractivity contribution in [3.05, 3.63) is 48.0 Å². The lowest BCUT2D eigenvalue weighted by Crippen LogP contribution is -2.48. The minimum Gasteiger partial charge on any atom is -0.478 e. The average Bonchev–Trinajstić information content (AvgIpc) is 2.56. The summed E-state index contributed by atoms with van der Waals surface area (Å²) in [6, 6.07) is 8.39. The average molecular weight is 376 g/mol. The Morgan fingerprint density at radius 2 is 1.78 bits per heavy atom. The number of alkyl carbamates (subject to hydrolysis) is 1. The van der Waals surface area contributed by atoms with Crippen molar-refractivity contribution < 1.29 is 24.2 Å². The molecule has 0 aromatic heterocycles. The van der Waals surface area contributed by atoms with Crippen molar-refractivity contribution in [2.75, 3.05) is 0 Å². The van der Waals surface area contributed by atoms with Gasteiger partial charge in [0.15, 0.2) is 0 Å². The van der Waals surface area contributed by atoms with Crippen molar-refractivity contribution >= 4 is 18.0 Å². The van der Waals surface area contributed by atoms with E-state index in [0.717, 1.165) is 11.6 Å². The first-order chi connectivity index (χ1) is 12.6. The maximum absolute atomic E-state index is 12.3. The van der Waals surface area contributed by atoms with Crippen molar-refractivity contribution in [1.82, 2.24) is 10.6 Å². The lowest BCUT2D eigenvalue weighted by Gasteiger charge is -2.23. The van der Waals surface area contributed by atoms with Crippen molar-refractivity contribution in [3.8, 4) is 0 Å². The van der Waals surface area contributed by atoms with Gasteiger partial charge in [0.1, 0.15) is 11.6 Å². The molecular formula is C20H28N2O5. The third kappa shape index (κ3) is 10.0. The zero-order chi connectivity index (χ0) is 20.4. The molecule has 148 valence electrons. The summed E-state index contributed by atoms with van der Waals surface area (Å²) in [6.07, 6.45) is 2.94. The van der Waals surface area contributed by atoms with Crippen LogP contribution in [0.2, 0.25) is 0 Å². The molecular weight excluding hydrogens is 348 g/mol. The first kappa shape index (κ1) is 22.2. The Labute approximate surface area is 159 Å². The van der Waals surface area contributed by atoms with Crippen molar-refractivity contribution in [2.45, 2.75) is 58.2 Å². The largest absolute Gasteiger partial charge is 0.478 e. The highest BCUT2D eigenvalue weighted by atomic mass is 16.6. The summed E-state index contributed by atoms with van der Waals surface area (Å²) in [7, 11) is 0. The number of aliphatic carboxylic acids is 1. The number of rotatable bonds is 8. The van der Waals surface area contributed by atoms with E-state index < -0.39 is 35.7 Å². The molecule has 0 saturated heterocycles. The first-order valence-corrected chi connectivity index (χ1v) is 8.82. The normalized spacial score (nSPS) is 13.6. The fraction of sp³-hybridized carbons (Fsp3) is 0.450. The summed E-state index contributed by atoms with van der Waals surface area (Å²) < 4.78 is 5.13. The number of aryl methyl sites for hydroxylation is 1. The molecule has 0 fully saturated rings. The van der Waals surface area contributed by atoms with E-state index in [4.69, 9.17) is 9.84 Å². The van der Waals surface area contributed by atoms with Crippen LogP contribution in [0.4, 0.5) is 4.79 Å². The van der Waals surface area contributed by atoms with Gasteiger partial charge < -0.3 is 20.5 Å². The molecule has 2 atom stereocenters. The molecule has 0 heterocycles. The van der Waals surface area contributed by atoms with Crippen LogP contribution in [0.5, 0.6) is 0 Å². The van der Waals surface area contributed by atoms with E-state index in [-0.39, 0.29) is 0 Å². The predicted molar refractivity (Wildman–Crippen MR) is 102 cm³/mol. The highest BCUT2D eigenvalue weighted by Gasteiger charge is 2.22. The summed E-state index contributed by atoms with van der Waals surface area (Å²) in [4.78, 5) is 34.9. The Balaban J connectivity index is 2.65. The Morgan fingerprint density at radius 3 is 2.33 bits per heavy atom. The molecule has 0 aliphatic rings.